The Morgan fingerprint density at radius 2 is 2.21 bits per heavy atom. The number of benzene rings is 1. The number of carbonyl (C=O) groups excluding carboxylic acids is 1. The fourth-order valence-corrected chi connectivity index (χ4v) is 2.62. The van der Waals surface area contributed by atoms with Crippen LogP contribution in [0.25, 0.3) is 0 Å². The van der Waals surface area contributed by atoms with Gasteiger partial charge >= 0.3 is 0 Å². The van der Waals surface area contributed by atoms with Gasteiger partial charge in [0.25, 0.3) is 5.91 Å². The van der Waals surface area contributed by atoms with E-state index in [0.717, 1.165) is 17.7 Å². The summed E-state index contributed by atoms with van der Waals surface area (Å²) >= 11 is 5.75. The zero-order valence-electron chi connectivity index (χ0n) is 11.4. The highest BCUT2D eigenvalue weighted by atomic mass is 35.5. The predicted octanol–water partition coefficient (Wildman–Crippen LogP) is 2.76. The number of carbonyl (C=O) groups is 1. The molecule has 0 saturated heterocycles. The van der Waals surface area contributed by atoms with E-state index < -0.39 is 6.10 Å². The second-order valence-electron chi connectivity index (χ2n) is 5.74. The zero-order valence-corrected chi connectivity index (χ0v) is 12.2. The van der Waals surface area contributed by atoms with E-state index in [1.165, 1.54) is 0 Å². The molecule has 0 aliphatic carbocycles. The first-order valence-corrected chi connectivity index (χ1v) is 7.13. The lowest BCUT2D eigenvalue weighted by Crippen LogP contribution is -2.42. The lowest BCUT2D eigenvalue weighted by Gasteiger charge is -2.24. The van der Waals surface area contributed by atoms with Crippen molar-refractivity contribution in [3.63, 3.8) is 0 Å². The first-order chi connectivity index (χ1) is 9.02. The van der Waals surface area contributed by atoms with Gasteiger partial charge in [0.2, 0.25) is 0 Å². The van der Waals surface area contributed by atoms with E-state index in [4.69, 9.17) is 16.3 Å². The Kier molecular flexibility index (Phi) is 4.35. The number of para-hydroxylation sites is 1. The summed E-state index contributed by atoms with van der Waals surface area (Å²) in [5.41, 5.74) is 1.12. The molecule has 19 heavy (non-hydrogen) atoms. The van der Waals surface area contributed by atoms with Crippen LogP contribution in [0.4, 0.5) is 0 Å². The molecule has 104 valence electrons. The molecule has 0 spiro atoms. The summed E-state index contributed by atoms with van der Waals surface area (Å²) in [7, 11) is 0. The molecule has 0 saturated carbocycles. The summed E-state index contributed by atoms with van der Waals surface area (Å²) < 4.78 is 5.66. The zero-order chi connectivity index (χ0) is 13.9. The van der Waals surface area contributed by atoms with Crippen LogP contribution >= 0.6 is 11.6 Å². The number of fused-ring (bicyclic) bond motifs is 1. The van der Waals surface area contributed by atoms with E-state index in [1.54, 1.807) is 0 Å². The predicted molar refractivity (Wildman–Crippen MR) is 76.7 cm³/mol. The van der Waals surface area contributed by atoms with Crippen molar-refractivity contribution in [2.75, 3.05) is 12.4 Å². The second kappa shape index (κ2) is 5.83. The third-order valence-electron chi connectivity index (χ3n) is 3.45. The normalized spacial score (nSPS) is 17.7. The minimum Gasteiger partial charge on any atom is -0.480 e. The molecule has 1 aliphatic heterocycles. The van der Waals surface area contributed by atoms with Crippen molar-refractivity contribution >= 4 is 17.5 Å². The summed E-state index contributed by atoms with van der Waals surface area (Å²) in [6, 6.07) is 7.79. The van der Waals surface area contributed by atoms with E-state index in [-0.39, 0.29) is 11.3 Å². The van der Waals surface area contributed by atoms with Crippen LogP contribution in [0.5, 0.6) is 5.75 Å². The number of ether oxygens (including phenoxy) is 1. The molecular formula is C15H20ClNO2. The average molecular weight is 282 g/mol. The molecule has 1 N–H and O–H groups in total. The Labute approximate surface area is 119 Å². The highest BCUT2D eigenvalue weighted by Gasteiger charge is 2.29. The Morgan fingerprint density at radius 3 is 2.89 bits per heavy atom. The lowest BCUT2D eigenvalue weighted by molar-refractivity contribution is -0.127. The average Bonchev–Trinajstić information content (AvgIpc) is 2.79. The van der Waals surface area contributed by atoms with Gasteiger partial charge in [0.15, 0.2) is 6.10 Å². The van der Waals surface area contributed by atoms with Crippen molar-refractivity contribution in [1.82, 2.24) is 5.32 Å². The van der Waals surface area contributed by atoms with Crippen molar-refractivity contribution in [1.29, 1.82) is 0 Å². The topological polar surface area (TPSA) is 38.3 Å². The van der Waals surface area contributed by atoms with Crippen LogP contribution in [0.2, 0.25) is 0 Å². The van der Waals surface area contributed by atoms with Crippen molar-refractivity contribution in [2.45, 2.75) is 32.8 Å². The monoisotopic (exact) mass is 281 g/mol. The molecule has 1 atom stereocenters. The maximum absolute atomic E-state index is 12.1. The quantitative estimate of drug-likeness (QED) is 0.843. The number of alkyl halides is 1. The molecule has 3 nitrogen and oxygen atoms in total. The summed E-state index contributed by atoms with van der Waals surface area (Å²) in [5.74, 6) is 1.38. The Hall–Kier alpha value is -1.22. The number of hydrogen-bond donors (Lipinski definition) is 1. The Bertz CT molecular complexity index is 434. The molecule has 1 amide bonds. The van der Waals surface area contributed by atoms with Gasteiger partial charge in [-0.25, -0.2) is 0 Å². The smallest absolute Gasteiger partial charge is 0.261 e. The molecule has 1 aliphatic rings. The third kappa shape index (κ3) is 3.63. The van der Waals surface area contributed by atoms with Crippen molar-refractivity contribution in [3.8, 4) is 5.75 Å². The summed E-state index contributed by atoms with van der Waals surface area (Å²) in [5, 5.41) is 2.96. The molecular weight excluding hydrogens is 262 g/mol. The third-order valence-corrected chi connectivity index (χ3v) is 3.64. The Balaban J connectivity index is 1.86. The number of amides is 1. The van der Waals surface area contributed by atoms with Gasteiger partial charge in [0.1, 0.15) is 5.75 Å². The first-order valence-electron chi connectivity index (χ1n) is 6.60. The fourth-order valence-electron chi connectivity index (χ4n) is 2.11. The molecule has 1 aromatic carbocycles. The van der Waals surface area contributed by atoms with Gasteiger partial charge in [0, 0.05) is 18.8 Å². The number of rotatable bonds is 5. The van der Waals surface area contributed by atoms with Gasteiger partial charge < -0.3 is 10.1 Å². The Morgan fingerprint density at radius 1 is 1.47 bits per heavy atom. The van der Waals surface area contributed by atoms with Crippen LogP contribution < -0.4 is 10.1 Å². The molecule has 0 aromatic heterocycles. The molecule has 0 radical (unpaired) electrons. The minimum absolute atomic E-state index is 0.0167. The molecule has 0 fully saturated rings. The van der Waals surface area contributed by atoms with E-state index in [1.807, 2.05) is 24.3 Å². The molecule has 1 unspecified atom stereocenters. The maximum atomic E-state index is 12.1. The SMILES string of the molecule is CC(C)(CCCl)CNC(=O)C1Cc2ccccc2O1. The highest BCUT2D eigenvalue weighted by molar-refractivity contribution is 6.17. The second-order valence-corrected chi connectivity index (χ2v) is 6.12. The van der Waals surface area contributed by atoms with Crippen molar-refractivity contribution in [2.24, 2.45) is 5.41 Å². The fraction of sp³-hybridized carbons (Fsp3) is 0.533. The van der Waals surface area contributed by atoms with Crippen LogP contribution in [-0.4, -0.2) is 24.4 Å². The van der Waals surface area contributed by atoms with Crippen molar-refractivity contribution < 1.29 is 9.53 Å². The largest absolute Gasteiger partial charge is 0.480 e. The molecule has 1 heterocycles. The van der Waals surface area contributed by atoms with Crippen LogP contribution in [0.1, 0.15) is 25.8 Å². The van der Waals surface area contributed by atoms with Crippen molar-refractivity contribution in [3.05, 3.63) is 29.8 Å². The van der Waals surface area contributed by atoms with Gasteiger partial charge in [-0.05, 0) is 23.5 Å². The standard InChI is InChI=1S/C15H20ClNO2/c1-15(2,7-8-16)10-17-14(18)13-9-11-5-3-4-6-12(11)19-13/h3-6,13H,7-10H2,1-2H3,(H,17,18). The molecule has 1 aromatic rings. The maximum Gasteiger partial charge on any atom is 0.261 e. The van der Waals surface area contributed by atoms with E-state index >= 15 is 0 Å². The van der Waals surface area contributed by atoms with Crippen LogP contribution in [0, 0.1) is 5.41 Å². The highest BCUT2D eigenvalue weighted by Crippen LogP contribution is 2.28. The molecule has 4 heteroatoms. The van der Waals surface area contributed by atoms with E-state index in [0.29, 0.717) is 18.8 Å². The van der Waals surface area contributed by atoms with Crippen LogP contribution in [0.15, 0.2) is 24.3 Å². The van der Waals surface area contributed by atoms with Gasteiger partial charge in [-0.3, -0.25) is 4.79 Å². The van der Waals surface area contributed by atoms with Gasteiger partial charge in [-0.15, -0.1) is 11.6 Å². The van der Waals surface area contributed by atoms with Gasteiger partial charge in [-0.2, -0.15) is 0 Å². The number of nitrogens with one attached hydrogen (secondary N) is 1. The summed E-state index contributed by atoms with van der Waals surface area (Å²) in [4.78, 5) is 12.1. The summed E-state index contributed by atoms with van der Waals surface area (Å²) in [6.07, 6.45) is 1.13. The van der Waals surface area contributed by atoms with Gasteiger partial charge in [0.05, 0.1) is 0 Å². The molecule has 2 rings (SSSR count). The number of halogens is 1. The lowest BCUT2D eigenvalue weighted by atomic mass is 9.90. The van der Waals surface area contributed by atoms with E-state index in [2.05, 4.69) is 19.2 Å². The first kappa shape index (κ1) is 14.2. The minimum atomic E-state index is -0.399. The van der Waals surface area contributed by atoms with Gasteiger partial charge in [-0.1, -0.05) is 32.0 Å². The van der Waals surface area contributed by atoms with Crippen LogP contribution in [0.3, 0.4) is 0 Å². The van der Waals surface area contributed by atoms with E-state index in [9.17, 15) is 4.79 Å². The van der Waals surface area contributed by atoms with Crippen LogP contribution in [-0.2, 0) is 11.2 Å². The summed E-state index contributed by atoms with van der Waals surface area (Å²) in [6.45, 7) is 4.81. The molecule has 0 bridgehead atoms. The number of hydrogen-bond acceptors (Lipinski definition) is 2.